The molecule has 1 heterocycles. The lowest BCUT2D eigenvalue weighted by Crippen LogP contribution is -2.36. The molecule has 0 saturated carbocycles. The average molecular weight is 291 g/mol. The molecule has 0 spiro atoms. The van der Waals surface area contributed by atoms with Crippen molar-refractivity contribution in [3.05, 3.63) is 52.4 Å². The quantitative estimate of drug-likeness (QED) is 0.805. The molecule has 1 fully saturated rings. The van der Waals surface area contributed by atoms with Crippen LogP contribution in [0, 0.1) is 0 Å². The number of aromatic hydroxyl groups is 1. The van der Waals surface area contributed by atoms with Gasteiger partial charge in [-0.05, 0) is 42.1 Å². The molecule has 112 valence electrons. The molecule has 1 N–H and O–H groups in total. The van der Waals surface area contributed by atoms with Crippen LogP contribution in [0.1, 0.15) is 18.4 Å². The van der Waals surface area contributed by atoms with Gasteiger partial charge in [-0.2, -0.15) is 0 Å². The lowest BCUT2D eigenvalue weighted by atomic mass is 9.90. The normalized spacial score (nSPS) is 18.3. The lowest BCUT2D eigenvalue weighted by Gasteiger charge is -2.25. The summed E-state index contributed by atoms with van der Waals surface area (Å²) >= 11 is 0. The molecule has 0 aromatic heterocycles. The van der Waals surface area contributed by atoms with Gasteiger partial charge in [0.25, 0.3) is 0 Å². The van der Waals surface area contributed by atoms with E-state index in [0.29, 0.717) is 5.75 Å². The van der Waals surface area contributed by atoms with Crippen LogP contribution in [0.25, 0.3) is 22.4 Å². The smallest absolute Gasteiger partial charge is 0.127 e. The first-order chi connectivity index (χ1) is 10.8. The summed E-state index contributed by atoms with van der Waals surface area (Å²) in [6, 6.07) is 8.29. The Hall–Kier alpha value is -2.06. The summed E-state index contributed by atoms with van der Waals surface area (Å²) in [7, 11) is 2.19. The largest absolute Gasteiger partial charge is 0.507 e. The van der Waals surface area contributed by atoms with Crippen molar-refractivity contribution >= 4 is 22.4 Å². The summed E-state index contributed by atoms with van der Waals surface area (Å²) < 4.78 is 0. The molecule has 0 amide bonds. The third-order valence-corrected chi connectivity index (χ3v) is 5.00. The van der Waals surface area contributed by atoms with E-state index in [1.54, 1.807) is 0 Å². The summed E-state index contributed by atoms with van der Waals surface area (Å²) in [5.74, 6) is 0.462. The number of likely N-dealkylation sites (tertiary alicyclic amines) is 1. The predicted octanol–water partition coefficient (Wildman–Crippen LogP) is 2.31. The monoisotopic (exact) mass is 291 g/mol. The molecule has 1 aliphatic carbocycles. The first-order valence-corrected chi connectivity index (χ1v) is 8.05. The van der Waals surface area contributed by atoms with Gasteiger partial charge in [-0.1, -0.05) is 48.1 Å². The molecule has 1 aliphatic heterocycles. The van der Waals surface area contributed by atoms with Crippen molar-refractivity contribution in [3.8, 4) is 5.75 Å². The zero-order valence-electron chi connectivity index (χ0n) is 13.0. The minimum Gasteiger partial charge on any atom is -0.507 e. The molecule has 2 aromatic rings. The van der Waals surface area contributed by atoms with Gasteiger partial charge in [-0.15, -0.1) is 0 Å². The van der Waals surface area contributed by atoms with Gasteiger partial charge in [-0.3, -0.25) is 0 Å². The fraction of sp³-hybridized carbons (Fsp3) is 0.300. The van der Waals surface area contributed by atoms with Gasteiger partial charge in [0.05, 0.1) is 0 Å². The summed E-state index contributed by atoms with van der Waals surface area (Å²) in [5, 5.41) is 15.5. The minimum absolute atomic E-state index is 0.462. The molecule has 22 heavy (non-hydrogen) atoms. The standard InChI is InChI=1S/C20H21NO/c1-21-12-10-14(11-13-21)19-15-6-2-4-8-17(15)20(22)18-9-5-3-7-16(18)19/h2-8,22H,9-13H2,1H3. The number of phenols is 1. The summed E-state index contributed by atoms with van der Waals surface area (Å²) in [6.07, 6.45) is 9.48. The van der Waals surface area contributed by atoms with E-state index in [1.165, 1.54) is 21.4 Å². The Bertz CT molecular complexity index is 882. The predicted molar refractivity (Wildman–Crippen MR) is 92.3 cm³/mol. The Morgan fingerprint density at radius 1 is 1.05 bits per heavy atom. The number of allylic oxidation sites excluding steroid dienone is 2. The fourth-order valence-corrected chi connectivity index (χ4v) is 3.75. The van der Waals surface area contributed by atoms with E-state index in [1.807, 2.05) is 12.1 Å². The molecule has 2 heteroatoms. The number of nitrogens with zero attached hydrogens (tertiary/aromatic N) is 1. The molecule has 0 radical (unpaired) electrons. The highest BCUT2D eigenvalue weighted by Crippen LogP contribution is 2.26. The van der Waals surface area contributed by atoms with Crippen molar-refractivity contribution in [1.82, 2.24) is 4.90 Å². The number of hydrogen-bond acceptors (Lipinski definition) is 2. The van der Waals surface area contributed by atoms with E-state index >= 15 is 0 Å². The lowest BCUT2D eigenvalue weighted by molar-refractivity contribution is 0.328. The van der Waals surface area contributed by atoms with Crippen molar-refractivity contribution in [2.75, 3.05) is 20.1 Å². The van der Waals surface area contributed by atoms with E-state index in [0.717, 1.165) is 43.3 Å². The zero-order valence-corrected chi connectivity index (χ0v) is 13.0. The molecule has 0 atom stereocenters. The van der Waals surface area contributed by atoms with Crippen LogP contribution in [0.3, 0.4) is 0 Å². The van der Waals surface area contributed by atoms with Gasteiger partial charge >= 0.3 is 0 Å². The van der Waals surface area contributed by atoms with Gasteiger partial charge < -0.3 is 10.0 Å². The Morgan fingerprint density at radius 2 is 1.77 bits per heavy atom. The van der Waals surface area contributed by atoms with E-state index in [9.17, 15) is 5.11 Å². The first kappa shape index (κ1) is 13.6. The Balaban J connectivity index is 2.16. The molecule has 4 rings (SSSR count). The van der Waals surface area contributed by atoms with Crippen LogP contribution in [-0.4, -0.2) is 30.1 Å². The summed E-state index contributed by atoms with van der Waals surface area (Å²) in [4.78, 5) is 2.39. The molecule has 1 saturated heterocycles. The van der Waals surface area contributed by atoms with Gasteiger partial charge in [-0.25, -0.2) is 0 Å². The van der Waals surface area contributed by atoms with Gasteiger partial charge in [0, 0.05) is 24.0 Å². The van der Waals surface area contributed by atoms with Crippen LogP contribution in [0.5, 0.6) is 5.75 Å². The Kier molecular flexibility index (Phi) is 3.27. The van der Waals surface area contributed by atoms with Crippen LogP contribution in [0.4, 0.5) is 0 Å². The van der Waals surface area contributed by atoms with Gasteiger partial charge in [0.15, 0.2) is 0 Å². The maximum atomic E-state index is 10.7. The summed E-state index contributed by atoms with van der Waals surface area (Å²) in [5.41, 5.74) is 2.62. The second kappa shape index (κ2) is 5.29. The SMILES string of the molecule is CN1CCC(=c2c3c(c(O)c4ccccc24)CC=CC=3)CC1. The number of benzene rings is 2. The van der Waals surface area contributed by atoms with E-state index in [-0.39, 0.29) is 0 Å². The van der Waals surface area contributed by atoms with Crippen LogP contribution in [0.2, 0.25) is 0 Å². The molecular formula is C20H21NO. The van der Waals surface area contributed by atoms with Crippen LogP contribution >= 0.6 is 0 Å². The molecule has 2 aliphatic rings. The number of piperidine rings is 1. The molecule has 2 aromatic carbocycles. The van der Waals surface area contributed by atoms with E-state index in [4.69, 9.17) is 0 Å². The van der Waals surface area contributed by atoms with Crippen LogP contribution in [-0.2, 0) is 6.42 Å². The van der Waals surface area contributed by atoms with Crippen molar-refractivity contribution in [1.29, 1.82) is 0 Å². The van der Waals surface area contributed by atoms with E-state index in [2.05, 4.69) is 42.3 Å². The van der Waals surface area contributed by atoms with Crippen molar-refractivity contribution < 1.29 is 5.11 Å². The molecular weight excluding hydrogens is 270 g/mol. The highest BCUT2D eigenvalue weighted by atomic mass is 16.3. The number of hydrogen-bond donors (Lipinski definition) is 1. The average Bonchev–Trinajstić information content (AvgIpc) is 2.57. The second-order valence-electron chi connectivity index (χ2n) is 6.37. The third-order valence-electron chi connectivity index (χ3n) is 5.00. The maximum absolute atomic E-state index is 10.7. The maximum Gasteiger partial charge on any atom is 0.127 e. The first-order valence-electron chi connectivity index (χ1n) is 8.05. The number of phenolic OH excluding ortho intramolecular Hbond substituents is 1. The summed E-state index contributed by atoms with van der Waals surface area (Å²) in [6.45, 7) is 2.24. The zero-order chi connectivity index (χ0) is 15.1. The second-order valence-corrected chi connectivity index (χ2v) is 6.37. The van der Waals surface area contributed by atoms with E-state index < -0.39 is 0 Å². The highest BCUT2D eigenvalue weighted by molar-refractivity contribution is 5.92. The third kappa shape index (κ3) is 2.06. The van der Waals surface area contributed by atoms with Crippen LogP contribution < -0.4 is 10.4 Å². The minimum atomic E-state index is 0.462. The number of fused-ring (bicyclic) bond motifs is 2. The van der Waals surface area contributed by atoms with Crippen molar-refractivity contribution in [2.24, 2.45) is 0 Å². The molecule has 2 nitrogen and oxygen atoms in total. The fourth-order valence-electron chi connectivity index (χ4n) is 3.75. The molecule has 0 unspecified atom stereocenters. The Morgan fingerprint density at radius 3 is 2.55 bits per heavy atom. The van der Waals surface area contributed by atoms with Gasteiger partial charge in [0.1, 0.15) is 5.75 Å². The van der Waals surface area contributed by atoms with Gasteiger partial charge in [0.2, 0.25) is 0 Å². The van der Waals surface area contributed by atoms with Crippen molar-refractivity contribution in [3.63, 3.8) is 0 Å². The molecule has 0 bridgehead atoms. The van der Waals surface area contributed by atoms with Crippen molar-refractivity contribution in [2.45, 2.75) is 19.3 Å². The van der Waals surface area contributed by atoms with Crippen LogP contribution in [0.15, 0.2) is 36.4 Å². The highest BCUT2D eigenvalue weighted by Gasteiger charge is 2.16. The Labute approximate surface area is 130 Å². The topological polar surface area (TPSA) is 23.5 Å². The number of rotatable bonds is 0.